The Morgan fingerprint density at radius 1 is 1.03 bits per heavy atom. The summed E-state index contributed by atoms with van der Waals surface area (Å²) in [5.74, 6) is 1.56. The van der Waals surface area contributed by atoms with Gasteiger partial charge in [0.05, 0.1) is 20.3 Å². The van der Waals surface area contributed by atoms with Crippen LogP contribution < -0.4 is 20.7 Å². The van der Waals surface area contributed by atoms with Gasteiger partial charge in [-0.1, -0.05) is 29.8 Å². The number of nitrogens with zero attached hydrogens (tertiary/aromatic N) is 1. The van der Waals surface area contributed by atoms with Gasteiger partial charge in [-0.15, -0.1) is 0 Å². The number of benzene rings is 2. The molecule has 0 saturated heterocycles. The summed E-state index contributed by atoms with van der Waals surface area (Å²) in [7, 11) is 3.34. The number of halogens is 1. The normalized spacial score (nSPS) is 11.2. The highest BCUT2D eigenvalue weighted by Crippen LogP contribution is 2.22. The van der Waals surface area contributed by atoms with E-state index < -0.39 is 0 Å². The maximum atomic E-state index is 6.31. The fourth-order valence-corrected chi connectivity index (χ4v) is 2.98. The van der Waals surface area contributed by atoms with Crippen molar-refractivity contribution in [2.75, 3.05) is 45.8 Å². The van der Waals surface area contributed by atoms with Crippen LogP contribution in [0.25, 0.3) is 0 Å². The smallest absolute Gasteiger partial charge is 0.191 e. The van der Waals surface area contributed by atoms with Gasteiger partial charge in [0, 0.05) is 37.5 Å². The van der Waals surface area contributed by atoms with Crippen LogP contribution in [0.1, 0.15) is 18.1 Å². The van der Waals surface area contributed by atoms with Gasteiger partial charge >= 0.3 is 0 Å². The standard InChI is InChI=1S/C22H31ClN4O2/c1-4-24-22(26-12-11-18-7-10-20(29-3)15-21(18)23)27-16-17-5-8-19(9-6-17)25-13-14-28-2/h5-10,15,25H,4,11-14,16H2,1-3H3,(H2,24,26,27). The van der Waals surface area contributed by atoms with Crippen molar-refractivity contribution in [1.29, 1.82) is 0 Å². The van der Waals surface area contributed by atoms with Gasteiger partial charge in [-0.3, -0.25) is 0 Å². The average Bonchev–Trinajstić information content (AvgIpc) is 2.74. The van der Waals surface area contributed by atoms with Crippen LogP contribution in [-0.2, 0) is 17.7 Å². The molecule has 7 heteroatoms. The van der Waals surface area contributed by atoms with E-state index >= 15 is 0 Å². The second-order valence-corrected chi connectivity index (χ2v) is 6.85. The molecule has 2 aromatic carbocycles. The van der Waals surface area contributed by atoms with Gasteiger partial charge in [0.2, 0.25) is 0 Å². The lowest BCUT2D eigenvalue weighted by molar-refractivity contribution is 0.211. The van der Waals surface area contributed by atoms with Crippen molar-refractivity contribution in [3.05, 3.63) is 58.6 Å². The van der Waals surface area contributed by atoms with Crippen LogP contribution in [0, 0.1) is 0 Å². The molecule has 29 heavy (non-hydrogen) atoms. The van der Waals surface area contributed by atoms with Gasteiger partial charge in [0.25, 0.3) is 0 Å². The Morgan fingerprint density at radius 3 is 2.48 bits per heavy atom. The van der Waals surface area contributed by atoms with Crippen molar-refractivity contribution < 1.29 is 9.47 Å². The molecule has 3 N–H and O–H groups in total. The molecule has 0 atom stereocenters. The van der Waals surface area contributed by atoms with E-state index in [-0.39, 0.29) is 0 Å². The lowest BCUT2D eigenvalue weighted by Gasteiger charge is -2.12. The van der Waals surface area contributed by atoms with E-state index in [1.807, 2.05) is 18.2 Å². The number of guanidine groups is 1. The van der Waals surface area contributed by atoms with Gasteiger partial charge in [0.1, 0.15) is 5.75 Å². The molecule has 0 unspecified atom stereocenters. The fraction of sp³-hybridized carbons (Fsp3) is 0.409. The number of rotatable bonds is 11. The maximum absolute atomic E-state index is 6.31. The van der Waals surface area contributed by atoms with Crippen molar-refractivity contribution in [3.63, 3.8) is 0 Å². The molecule has 0 fully saturated rings. The number of nitrogens with one attached hydrogen (secondary N) is 3. The molecular weight excluding hydrogens is 388 g/mol. The summed E-state index contributed by atoms with van der Waals surface area (Å²) in [6.07, 6.45) is 0.801. The van der Waals surface area contributed by atoms with E-state index in [1.54, 1.807) is 14.2 Å². The van der Waals surface area contributed by atoms with Crippen molar-refractivity contribution in [1.82, 2.24) is 10.6 Å². The zero-order chi connectivity index (χ0) is 20.9. The summed E-state index contributed by atoms with van der Waals surface area (Å²) in [5.41, 5.74) is 3.31. The summed E-state index contributed by atoms with van der Waals surface area (Å²) in [5, 5.41) is 10.7. The first-order chi connectivity index (χ1) is 14.2. The lowest BCUT2D eigenvalue weighted by atomic mass is 10.1. The van der Waals surface area contributed by atoms with Crippen LogP contribution in [-0.4, -0.2) is 46.4 Å². The van der Waals surface area contributed by atoms with Gasteiger partial charge in [0.15, 0.2) is 5.96 Å². The molecule has 0 bridgehead atoms. The zero-order valence-electron chi connectivity index (χ0n) is 17.4. The molecule has 0 heterocycles. The first-order valence-electron chi connectivity index (χ1n) is 9.82. The summed E-state index contributed by atoms with van der Waals surface area (Å²) in [4.78, 5) is 4.67. The minimum atomic E-state index is 0.608. The molecule has 0 saturated carbocycles. The minimum Gasteiger partial charge on any atom is -0.497 e. The van der Waals surface area contributed by atoms with Crippen LogP contribution in [0.4, 0.5) is 5.69 Å². The molecule has 0 spiro atoms. The number of ether oxygens (including phenoxy) is 2. The molecule has 158 valence electrons. The van der Waals surface area contributed by atoms with E-state index in [0.717, 1.165) is 54.6 Å². The van der Waals surface area contributed by atoms with Crippen molar-refractivity contribution in [2.45, 2.75) is 19.9 Å². The zero-order valence-corrected chi connectivity index (χ0v) is 18.2. The SMILES string of the molecule is CCNC(=NCc1ccc(NCCOC)cc1)NCCc1ccc(OC)cc1Cl. The van der Waals surface area contributed by atoms with Crippen molar-refractivity contribution >= 4 is 23.2 Å². The summed E-state index contributed by atoms with van der Waals surface area (Å²) in [6, 6.07) is 14.0. The monoisotopic (exact) mass is 418 g/mol. The highest BCUT2D eigenvalue weighted by Gasteiger charge is 2.04. The summed E-state index contributed by atoms with van der Waals surface area (Å²) >= 11 is 6.31. The van der Waals surface area contributed by atoms with Crippen molar-refractivity contribution in [3.8, 4) is 5.75 Å². The molecule has 0 aromatic heterocycles. The molecule has 2 aromatic rings. The molecule has 0 aliphatic rings. The predicted molar refractivity (Wildman–Crippen MR) is 121 cm³/mol. The Morgan fingerprint density at radius 2 is 1.83 bits per heavy atom. The lowest BCUT2D eigenvalue weighted by Crippen LogP contribution is -2.38. The van der Waals surface area contributed by atoms with E-state index in [2.05, 4.69) is 52.1 Å². The molecule has 0 radical (unpaired) electrons. The molecule has 0 amide bonds. The van der Waals surface area contributed by atoms with Crippen LogP contribution in [0.2, 0.25) is 5.02 Å². The van der Waals surface area contributed by atoms with Crippen LogP contribution in [0.5, 0.6) is 5.75 Å². The van der Waals surface area contributed by atoms with E-state index in [0.29, 0.717) is 18.2 Å². The Kier molecular flexibility index (Phi) is 10.2. The minimum absolute atomic E-state index is 0.608. The second-order valence-electron chi connectivity index (χ2n) is 6.45. The van der Waals surface area contributed by atoms with E-state index in [9.17, 15) is 0 Å². The average molecular weight is 419 g/mol. The Hall–Kier alpha value is -2.44. The fourth-order valence-electron chi connectivity index (χ4n) is 2.71. The molecule has 6 nitrogen and oxygen atoms in total. The second kappa shape index (κ2) is 12.9. The molecule has 0 aliphatic heterocycles. The molecular formula is C22H31ClN4O2. The Balaban J connectivity index is 1.85. The van der Waals surface area contributed by atoms with Gasteiger partial charge < -0.3 is 25.4 Å². The number of methoxy groups -OCH3 is 2. The van der Waals surface area contributed by atoms with Gasteiger partial charge in [-0.2, -0.15) is 0 Å². The number of hydrogen-bond donors (Lipinski definition) is 3. The summed E-state index contributed by atoms with van der Waals surface area (Å²) in [6.45, 7) is 5.68. The number of anilines is 1. The number of aliphatic imine (C=N–C) groups is 1. The first-order valence-corrected chi connectivity index (χ1v) is 10.2. The number of hydrogen-bond acceptors (Lipinski definition) is 4. The van der Waals surface area contributed by atoms with Gasteiger partial charge in [-0.05, 0) is 48.7 Å². The highest BCUT2D eigenvalue weighted by molar-refractivity contribution is 6.31. The third kappa shape index (κ3) is 8.21. The van der Waals surface area contributed by atoms with Gasteiger partial charge in [-0.25, -0.2) is 4.99 Å². The largest absolute Gasteiger partial charge is 0.497 e. The summed E-state index contributed by atoms with van der Waals surface area (Å²) < 4.78 is 10.2. The third-order valence-electron chi connectivity index (χ3n) is 4.30. The van der Waals surface area contributed by atoms with Crippen LogP contribution in [0.15, 0.2) is 47.5 Å². The van der Waals surface area contributed by atoms with Crippen LogP contribution >= 0.6 is 11.6 Å². The third-order valence-corrected chi connectivity index (χ3v) is 4.65. The quantitative estimate of drug-likeness (QED) is 0.295. The topological polar surface area (TPSA) is 66.9 Å². The maximum Gasteiger partial charge on any atom is 0.191 e. The predicted octanol–water partition coefficient (Wildman–Crippen LogP) is 3.70. The highest BCUT2D eigenvalue weighted by atomic mass is 35.5. The molecule has 0 aliphatic carbocycles. The van der Waals surface area contributed by atoms with E-state index in [4.69, 9.17) is 21.1 Å². The first kappa shape index (κ1) is 22.8. The van der Waals surface area contributed by atoms with Crippen LogP contribution in [0.3, 0.4) is 0 Å². The Bertz CT molecular complexity index is 766. The van der Waals surface area contributed by atoms with E-state index in [1.165, 1.54) is 0 Å². The Labute approximate surface area is 178 Å². The van der Waals surface area contributed by atoms with Crippen molar-refractivity contribution in [2.24, 2.45) is 4.99 Å². The molecule has 2 rings (SSSR count).